The number of likely N-dealkylation sites (tertiary alicyclic amines) is 1. The average Bonchev–Trinajstić information content (AvgIpc) is 2.88. The lowest BCUT2D eigenvalue weighted by atomic mass is 10.2. The fourth-order valence-corrected chi connectivity index (χ4v) is 5.45. The smallest absolute Gasteiger partial charge is 0.243 e. The van der Waals surface area contributed by atoms with Crippen LogP contribution in [-0.4, -0.2) is 55.0 Å². The molecule has 0 aliphatic carbocycles. The maximum atomic E-state index is 13.1. The lowest BCUT2D eigenvalue weighted by Gasteiger charge is -2.21. The Morgan fingerprint density at radius 2 is 1.66 bits per heavy atom. The van der Waals surface area contributed by atoms with Crippen LogP contribution in [0.15, 0.2) is 23.1 Å². The third-order valence-corrected chi connectivity index (χ3v) is 7.41. The molecule has 1 aromatic rings. The van der Waals surface area contributed by atoms with Gasteiger partial charge in [-0.3, -0.25) is 19.3 Å². The summed E-state index contributed by atoms with van der Waals surface area (Å²) in [5.41, 5.74) is 1.01. The minimum absolute atomic E-state index is 0.0282. The highest BCUT2D eigenvalue weighted by Crippen LogP contribution is 2.26. The molecule has 158 valence electrons. The molecule has 9 heteroatoms. The molecule has 0 bridgehead atoms. The molecule has 8 nitrogen and oxygen atoms in total. The van der Waals surface area contributed by atoms with Gasteiger partial charge in [-0.1, -0.05) is 18.9 Å². The van der Waals surface area contributed by atoms with Gasteiger partial charge in [-0.05, 0) is 37.5 Å². The molecular weight excluding hydrogens is 394 g/mol. The molecule has 0 saturated carbocycles. The Hall–Kier alpha value is -2.26. The molecule has 0 aromatic heterocycles. The largest absolute Gasteiger partial charge is 0.326 e. The number of rotatable bonds is 6. The van der Waals surface area contributed by atoms with Crippen LogP contribution in [0, 0.1) is 6.92 Å². The van der Waals surface area contributed by atoms with E-state index in [-0.39, 0.29) is 48.4 Å². The maximum Gasteiger partial charge on any atom is 0.243 e. The van der Waals surface area contributed by atoms with Gasteiger partial charge >= 0.3 is 0 Å². The Balaban J connectivity index is 1.69. The van der Waals surface area contributed by atoms with Crippen LogP contribution in [0.4, 0.5) is 5.69 Å². The fraction of sp³-hybridized carbons (Fsp3) is 0.550. The molecule has 2 fully saturated rings. The van der Waals surface area contributed by atoms with E-state index in [1.807, 2.05) is 0 Å². The number of nitrogens with zero attached hydrogens (tertiary/aromatic N) is 2. The van der Waals surface area contributed by atoms with Crippen molar-refractivity contribution in [3.8, 4) is 0 Å². The predicted octanol–water partition coefficient (Wildman–Crippen LogP) is 2.04. The number of imide groups is 1. The number of carbonyl (C=O) groups excluding carboxylic acids is 3. The zero-order valence-corrected chi connectivity index (χ0v) is 17.5. The Bertz CT molecular complexity index is 889. The van der Waals surface area contributed by atoms with Crippen LogP contribution in [0.3, 0.4) is 0 Å². The number of hydrogen-bond donors (Lipinski definition) is 1. The van der Waals surface area contributed by atoms with Crippen LogP contribution in [0.2, 0.25) is 0 Å². The van der Waals surface area contributed by atoms with Gasteiger partial charge in [0.1, 0.15) is 0 Å². The molecular formula is C20H27N3O5S. The van der Waals surface area contributed by atoms with Gasteiger partial charge in [0, 0.05) is 44.6 Å². The molecule has 2 heterocycles. The molecule has 1 N–H and O–H groups in total. The number of amides is 3. The third kappa shape index (κ3) is 5.02. The highest BCUT2D eigenvalue weighted by Gasteiger charge is 2.29. The number of benzene rings is 1. The predicted molar refractivity (Wildman–Crippen MR) is 108 cm³/mol. The van der Waals surface area contributed by atoms with Gasteiger partial charge in [0.2, 0.25) is 27.7 Å². The topological polar surface area (TPSA) is 104 Å². The second kappa shape index (κ2) is 9.04. The van der Waals surface area contributed by atoms with Crippen molar-refractivity contribution in [1.29, 1.82) is 0 Å². The number of hydrogen-bond acceptors (Lipinski definition) is 5. The molecule has 1 aromatic carbocycles. The summed E-state index contributed by atoms with van der Waals surface area (Å²) in [7, 11) is -3.63. The van der Waals surface area contributed by atoms with E-state index >= 15 is 0 Å². The number of aryl methyl sites for hydroxylation is 1. The van der Waals surface area contributed by atoms with E-state index in [1.54, 1.807) is 19.1 Å². The van der Waals surface area contributed by atoms with Gasteiger partial charge in [0.25, 0.3) is 0 Å². The Labute approximate surface area is 171 Å². The van der Waals surface area contributed by atoms with Gasteiger partial charge < -0.3 is 5.32 Å². The average molecular weight is 422 g/mol. The standard InChI is InChI=1S/C20H27N3O5S/c1-15-6-7-16(21-18(24)10-13-23-19(25)8-9-20(23)26)14-17(15)29(27,28)22-11-4-2-3-5-12-22/h6-7,14H,2-5,8-13H2,1H3,(H,21,24). The zero-order chi connectivity index (χ0) is 21.0. The summed E-state index contributed by atoms with van der Waals surface area (Å²) in [5, 5.41) is 2.68. The summed E-state index contributed by atoms with van der Waals surface area (Å²) < 4.78 is 27.7. The lowest BCUT2D eigenvalue weighted by Crippen LogP contribution is -2.33. The first-order chi connectivity index (χ1) is 13.8. The lowest BCUT2D eigenvalue weighted by molar-refractivity contribution is -0.138. The second-order valence-corrected chi connectivity index (χ2v) is 9.44. The first-order valence-electron chi connectivity index (χ1n) is 10.0. The van der Waals surface area contributed by atoms with Crippen molar-refractivity contribution >= 4 is 33.4 Å². The van der Waals surface area contributed by atoms with Gasteiger partial charge in [0.05, 0.1) is 4.90 Å². The number of anilines is 1. The molecule has 29 heavy (non-hydrogen) atoms. The van der Waals surface area contributed by atoms with Crippen molar-refractivity contribution in [2.45, 2.75) is 56.8 Å². The first-order valence-corrected chi connectivity index (χ1v) is 11.5. The van der Waals surface area contributed by atoms with E-state index in [1.165, 1.54) is 10.4 Å². The van der Waals surface area contributed by atoms with Crippen molar-refractivity contribution in [3.63, 3.8) is 0 Å². The van der Waals surface area contributed by atoms with Crippen molar-refractivity contribution in [2.75, 3.05) is 25.0 Å². The van der Waals surface area contributed by atoms with Gasteiger partial charge in [-0.2, -0.15) is 4.31 Å². The number of sulfonamides is 1. The highest BCUT2D eigenvalue weighted by atomic mass is 32.2. The van der Waals surface area contributed by atoms with Gasteiger partial charge in [0.15, 0.2) is 0 Å². The van der Waals surface area contributed by atoms with Crippen molar-refractivity contribution < 1.29 is 22.8 Å². The molecule has 0 spiro atoms. The fourth-order valence-electron chi connectivity index (χ4n) is 3.69. The molecule has 0 radical (unpaired) electrons. The molecule has 2 aliphatic rings. The van der Waals surface area contributed by atoms with E-state index in [0.29, 0.717) is 24.3 Å². The van der Waals surface area contributed by atoms with Crippen LogP contribution < -0.4 is 5.32 Å². The van der Waals surface area contributed by atoms with Gasteiger partial charge in [-0.15, -0.1) is 0 Å². The van der Waals surface area contributed by atoms with E-state index in [4.69, 9.17) is 0 Å². The Kier molecular flexibility index (Phi) is 6.69. The van der Waals surface area contributed by atoms with E-state index < -0.39 is 10.0 Å². The van der Waals surface area contributed by atoms with Crippen molar-refractivity contribution in [2.24, 2.45) is 0 Å². The quantitative estimate of drug-likeness (QED) is 0.708. The summed E-state index contributed by atoms with van der Waals surface area (Å²) >= 11 is 0. The van der Waals surface area contributed by atoms with Crippen LogP contribution in [0.5, 0.6) is 0 Å². The van der Waals surface area contributed by atoms with Crippen LogP contribution in [0.25, 0.3) is 0 Å². The monoisotopic (exact) mass is 421 g/mol. The highest BCUT2D eigenvalue weighted by molar-refractivity contribution is 7.89. The molecule has 3 amide bonds. The maximum absolute atomic E-state index is 13.1. The van der Waals surface area contributed by atoms with Crippen LogP contribution in [-0.2, 0) is 24.4 Å². The summed E-state index contributed by atoms with van der Waals surface area (Å²) in [5.74, 6) is -0.896. The minimum atomic E-state index is -3.63. The second-order valence-electron chi connectivity index (χ2n) is 7.54. The van der Waals surface area contributed by atoms with Crippen molar-refractivity contribution in [1.82, 2.24) is 9.21 Å². The molecule has 3 rings (SSSR count). The van der Waals surface area contributed by atoms with Crippen LogP contribution in [0.1, 0.15) is 50.5 Å². The summed E-state index contributed by atoms with van der Waals surface area (Å²) in [6, 6.07) is 4.81. The Morgan fingerprint density at radius 3 is 2.28 bits per heavy atom. The number of carbonyl (C=O) groups is 3. The number of nitrogens with one attached hydrogen (secondary N) is 1. The summed E-state index contributed by atoms with van der Waals surface area (Å²) in [6.07, 6.45) is 4.11. The first kappa shape index (κ1) is 21.4. The molecule has 2 saturated heterocycles. The minimum Gasteiger partial charge on any atom is -0.326 e. The third-order valence-electron chi connectivity index (χ3n) is 5.37. The van der Waals surface area contributed by atoms with E-state index in [0.717, 1.165) is 30.6 Å². The van der Waals surface area contributed by atoms with Crippen LogP contribution >= 0.6 is 0 Å². The summed E-state index contributed by atoms with van der Waals surface area (Å²) in [6.45, 7) is 2.79. The normalized spacial score (nSPS) is 18.7. The van der Waals surface area contributed by atoms with Crippen molar-refractivity contribution in [3.05, 3.63) is 23.8 Å². The Morgan fingerprint density at radius 1 is 1.03 bits per heavy atom. The molecule has 2 aliphatic heterocycles. The summed E-state index contributed by atoms with van der Waals surface area (Å²) in [4.78, 5) is 36.8. The van der Waals surface area contributed by atoms with E-state index in [9.17, 15) is 22.8 Å². The SMILES string of the molecule is Cc1ccc(NC(=O)CCN2C(=O)CCC2=O)cc1S(=O)(=O)N1CCCCCC1. The molecule has 0 unspecified atom stereocenters. The molecule has 0 atom stereocenters. The van der Waals surface area contributed by atoms with Gasteiger partial charge in [-0.25, -0.2) is 8.42 Å². The zero-order valence-electron chi connectivity index (χ0n) is 16.6. The van der Waals surface area contributed by atoms with E-state index in [2.05, 4.69) is 5.32 Å².